The monoisotopic (exact) mass is 265 g/mol. The third-order valence-corrected chi connectivity index (χ3v) is 2.38. The van der Waals surface area contributed by atoms with Gasteiger partial charge in [0.2, 0.25) is 11.8 Å². The van der Waals surface area contributed by atoms with Gasteiger partial charge in [-0.15, -0.1) is 0 Å². The number of carbonyl (C=O) groups is 2. The third kappa shape index (κ3) is 5.98. The Labute approximate surface area is 112 Å². The number of rotatable bonds is 7. The van der Waals surface area contributed by atoms with Crippen LogP contribution in [-0.2, 0) is 20.7 Å². The fraction of sp³-hybridized carbons (Fsp3) is 0.385. The molecule has 0 aliphatic heterocycles. The first-order valence-electron chi connectivity index (χ1n) is 6.03. The van der Waals surface area contributed by atoms with Gasteiger partial charge in [0.15, 0.2) is 0 Å². The Morgan fingerprint density at radius 1 is 1.21 bits per heavy atom. The Morgan fingerprint density at radius 2 is 1.89 bits per heavy atom. The minimum Gasteiger partial charge on any atom is -0.370 e. The van der Waals surface area contributed by atoms with E-state index in [1.165, 1.54) is 0 Å². The van der Waals surface area contributed by atoms with E-state index in [4.69, 9.17) is 10.5 Å². The minimum atomic E-state index is -0.229. The smallest absolute Gasteiger partial charge is 0.250 e. The highest BCUT2D eigenvalue weighted by Crippen LogP contribution is 2.10. The molecule has 0 aliphatic rings. The zero-order valence-electron chi connectivity index (χ0n) is 10.9. The van der Waals surface area contributed by atoms with E-state index in [1.54, 1.807) is 31.3 Å². The molecule has 0 aliphatic carbocycles. The molecule has 6 nitrogen and oxygen atoms in total. The molecule has 0 saturated heterocycles. The van der Waals surface area contributed by atoms with Crippen molar-refractivity contribution in [1.82, 2.24) is 5.32 Å². The normalized spacial score (nSPS) is 10.0. The number of ether oxygens (including phenoxy) is 1. The van der Waals surface area contributed by atoms with Gasteiger partial charge in [-0.3, -0.25) is 9.59 Å². The average Bonchev–Trinajstić information content (AvgIpc) is 2.41. The maximum Gasteiger partial charge on any atom is 0.250 e. The highest BCUT2D eigenvalue weighted by Gasteiger charge is 2.04. The Bertz CT molecular complexity index is 418. The molecule has 1 aromatic rings. The molecule has 0 saturated carbocycles. The van der Waals surface area contributed by atoms with Crippen LogP contribution in [0.25, 0.3) is 0 Å². The Kier molecular flexibility index (Phi) is 6.56. The topological polar surface area (TPSA) is 93.5 Å². The average molecular weight is 265 g/mol. The van der Waals surface area contributed by atoms with Crippen LogP contribution in [0.15, 0.2) is 24.3 Å². The molecule has 1 rings (SSSR count). The lowest BCUT2D eigenvalue weighted by Crippen LogP contribution is -2.21. The molecule has 0 spiro atoms. The number of hydrogen-bond acceptors (Lipinski definition) is 4. The van der Waals surface area contributed by atoms with Gasteiger partial charge in [0.25, 0.3) is 0 Å². The summed E-state index contributed by atoms with van der Waals surface area (Å²) in [7, 11) is 1.60. The van der Waals surface area contributed by atoms with Gasteiger partial charge in [0, 0.05) is 19.3 Å². The minimum absolute atomic E-state index is 0.0167. The molecule has 104 valence electrons. The lowest BCUT2D eigenvalue weighted by Gasteiger charge is -2.06. The van der Waals surface area contributed by atoms with E-state index < -0.39 is 0 Å². The number of amides is 2. The summed E-state index contributed by atoms with van der Waals surface area (Å²) in [6, 6.07) is 7.09. The fourth-order valence-electron chi connectivity index (χ4n) is 1.42. The first-order valence-corrected chi connectivity index (χ1v) is 6.03. The summed E-state index contributed by atoms with van der Waals surface area (Å²) < 4.78 is 5.02. The summed E-state index contributed by atoms with van der Waals surface area (Å²) in [4.78, 5) is 22.6. The van der Waals surface area contributed by atoms with Crippen molar-refractivity contribution in [2.24, 2.45) is 5.73 Å². The second-order valence-electron chi connectivity index (χ2n) is 3.94. The van der Waals surface area contributed by atoms with E-state index in [-0.39, 0.29) is 18.4 Å². The van der Waals surface area contributed by atoms with Crippen LogP contribution in [-0.4, -0.2) is 38.6 Å². The van der Waals surface area contributed by atoms with Crippen LogP contribution >= 0.6 is 0 Å². The lowest BCUT2D eigenvalue weighted by atomic mass is 10.1. The maximum absolute atomic E-state index is 11.5. The SMILES string of the molecule is CNC(=O)Cc1ccc(NC(=O)COCCN)cc1. The predicted molar refractivity (Wildman–Crippen MR) is 72.7 cm³/mol. The summed E-state index contributed by atoms with van der Waals surface area (Å²) in [6.45, 7) is 0.733. The van der Waals surface area contributed by atoms with E-state index in [0.717, 1.165) is 5.56 Å². The summed E-state index contributed by atoms with van der Waals surface area (Å²) in [5.41, 5.74) is 6.80. The van der Waals surface area contributed by atoms with Crippen molar-refractivity contribution in [3.05, 3.63) is 29.8 Å². The van der Waals surface area contributed by atoms with Crippen molar-refractivity contribution in [3.63, 3.8) is 0 Å². The molecule has 2 amide bonds. The van der Waals surface area contributed by atoms with Gasteiger partial charge in [-0.05, 0) is 17.7 Å². The molecule has 0 aromatic heterocycles. The molecule has 4 N–H and O–H groups in total. The van der Waals surface area contributed by atoms with Gasteiger partial charge in [-0.2, -0.15) is 0 Å². The van der Waals surface area contributed by atoms with Crippen molar-refractivity contribution in [1.29, 1.82) is 0 Å². The molecule has 0 fully saturated rings. The van der Waals surface area contributed by atoms with Crippen LogP contribution in [0.3, 0.4) is 0 Å². The quantitative estimate of drug-likeness (QED) is 0.600. The molecule has 0 unspecified atom stereocenters. The van der Waals surface area contributed by atoms with E-state index in [2.05, 4.69) is 10.6 Å². The van der Waals surface area contributed by atoms with Gasteiger partial charge in [0.05, 0.1) is 13.0 Å². The number of likely N-dealkylation sites (N-methyl/N-ethyl adjacent to an activating group) is 1. The van der Waals surface area contributed by atoms with Crippen molar-refractivity contribution >= 4 is 17.5 Å². The largest absolute Gasteiger partial charge is 0.370 e. The number of hydrogen-bond donors (Lipinski definition) is 3. The van der Waals surface area contributed by atoms with Crippen LogP contribution in [0.5, 0.6) is 0 Å². The zero-order valence-corrected chi connectivity index (χ0v) is 10.9. The van der Waals surface area contributed by atoms with Gasteiger partial charge >= 0.3 is 0 Å². The second-order valence-corrected chi connectivity index (χ2v) is 3.94. The zero-order chi connectivity index (χ0) is 14.1. The molecule has 1 aromatic carbocycles. The number of nitrogens with two attached hydrogens (primary N) is 1. The van der Waals surface area contributed by atoms with Gasteiger partial charge in [0.1, 0.15) is 6.61 Å². The van der Waals surface area contributed by atoms with Gasteiger partial charge in [-0.1, -0.05) is 12.1 Å². The van der Waals surface area contributed by atoms with E-state index in [0.29, 0.717) is 25.3 Å². The molecule has 0 heterocycles. The fourth-order valence-corrected chi connectivity index (χ4v) is 1.42. The first kappa shape index (κ1) is 15.1. The van der Waals surface area contributed by atoms with E-state index in [9.17, 15) is 9.59 Å². The van der Waals surface area contributed by atoms with E-state index in [1.807, 2.05) is 0 Å². The summed E-state index contributed by atoms with van der Waals surface area (Å²) in [5.74, 6) is -0.278. The lowest BCUT2D eigenvalue weighted by molar-refractivity contribution is -0.121. The third-order valence-electron chi connectivity index (χ3n) is 2.38. The van der Waals surface area contributed by atoms with Crippen molar-refractivity contribution in [2.45, 2.75) is 6.42 Å². The molecule has 0 bridgehead atoms. The number of anilines is 1. The van der Waals surface area contributed by atoms with Gasteiger partial charge in [-0.25, -0.2) is 0 Å². The molecule has 0 radical (unpaired) electrons. The van der Waals surface area contributed by atoms with Crippen LogP contribution in [0.2, 0.25) is 0 Å². The van der Waals surface area contributed by atoms with E-state index >= 15 is 0 Å². The molecule has 19 heavy (non-hydrogen) atoms. The number of carbonyl (C=O) groups excluding carboxylic acids is 2. The molecular formula is C13H19N3O3. The number of nitrogens with one attached hydrogen (secondary N) is 2. The first-order chi connectivity index (χ1) is 9.15. The van der Waals surface area contributed by atoms with Crippen LogP contribution < -0.4 is 16.4 Å². The Morgan fingerprint density at radius 3 is 2.47 bits per heavy atom. The summed E-state index contributed by atoms with van der Waals surface area (Å²) in [5, 5.41) is 5.24. The van der Waals surface area contributed by atoms with Crippen LogP contribution in [0.1, 0.15) is 5.56 Å². The highest BCUT2D eigenvalue weighted by atomic mass is 16.5. The van der Waals surface area contributed by atoms with Crippen molar-refractivity contribution in [2.75, 3.05) is 32.1 Å². The predicted octanol–water partition coefficient (Wildman–Crippen LogP) is -0.111. The molecule has 6 heteroatoms. The van der Waals surface area contributed by atoms with Crippen LogP contribution in [0, 0.1) is 0 Å². The maximum atomic E-state index is 11.5. The molecule has 0 atom stereocenters. The van der Waals surface area contributed by atoms with Crippen molar-refractivity contribution < 1.29 is 14.3 Å². The Balaban J connectivity index is 2.43. The summed E-state index contributed by atoms with van der Waals surface area (Å²) in [6.07, 6.45) is 0.324. The standard InChI is InChI=1S/C13H19N3O3/c1-15-12(17)8-10-2-4-11(5-3-10)16-13(18)9-19-7-6-14/h2-5H,6-9,14H2,1H3,(H,15,17)(H,16,18). The van der Waals surface area contributed by atoms with Crippen LogP contribution in [0.4, 0.5) is 5.69 Å². The van der Waals surface area contributed by atoms with Gasteiger partial charge < -0.3 is 21.1 Å². The molecular weight excluding hydrogens is 246 g/mol. The van der Waals surface area contributed by atoms with Crippen molar-refractivity contribution in [3.8, 4) is 0 Å². The highest BCUT2D eigenvalue weighted by molar-refractivity contribution is 5.91. The number of benzene rings is 1. The summed E-state index contributed by atoms with van der Waals surface area (Å²) >= 11 is 0. The second kappa shape index (κ2) is 8.23. The Hall–Kier alpha value is -1.92.